The standard InChI is InChI=1S/C9H11F6NO3/c10-8(11,12)6(9(13,14)15)7(18)16-1-2-19-4-5(16)3-17/h5-6,17H,1-4H2. The Morgan fingerprint density at radius 3 is 2.21 bits per heavy atom. The molecule has 1 aliphatic heterocycles. The molecule has 0 aliphatic carbocycles. The van der Waals surface area contributed by atoms with Crippen molar-refractivity contribution in [3.63, 3.8) is 0 Å². The maximum absolute atomic E-state index is 12.4. The number of nitrogens with zero attached hydrogens (tertiary/aromatic N) is 1. The number of hydrogen-bond acceptors (Lipinski definition) is 3. The molecule has 0 aromatic rings. The summed E-state index contributed by atoms with van der Waals surface area (Å²) < 4.78 is 79.1. The number of morpholine rings is 1. The molecule has 112 valence electrons. The molecule has 0 saturated carbocycles. The Hall–Kier alpha value is -1.03. The van der Waals surface area contributed by atoms with Crippen LogP contribution in [0.3, 0.4) is 0 Å². The average molecular weight is 295 g/mol. The first-order valence-corrected chi connectivity index (χ1v) is 5.21. The van der Waals surface area contributed by atoms with Gasteiger partial charge < -0.3 is 14.7 Å². The lowest BCUT2D eigenvalue weighted by atomic mass is 10.1. The van der Waals surface area contributed by atoms with Crippen LogP contribution in [0.5, 0.6) is 0 Å². The molecule has 0 aromatic heterocycles. The minimum absolute atomic E-state index is 0.176. The van der Waals surface area contributed by atoms with Gasteiger partial charge in [-0.2, -0.15) is 26.3 Å². The molecule has 1 saturated heterocycles. The molecule has 0 aromatic carbocycles. The molecule has 1 aliphatic rings. The molecule has 1 fully saturated rings. The summed E-state index contributed by atoms with van der Waals surface area (Å²) in [5, 5.41) is 8.86. The van der Waals surface area contributed by atoms with Gasteiger partial charge in [-0.05, 0) is 0 Å². The molecular weight excluding hydrogens is 284 g/mol. The lowest BCUT2D eigenvalue weighted by Gasteiger charge is -2.37. The summed E-state index contributed by atoms with van der Waals surface area (Å²) in [5.41, 5.74) is 0. The predicted molar refractivity (Wildman–Crippen MR) is 49.0 cm³/mol. The zero-order valence-corrected chi connectivity index (χ0v) is 9.46. The SMILES string of the molecule is O=C(C(C(F)(F)F)C(F)(F)F)N1CCOCC1CO. The van der Waals surface area contributed by atoms with E-state index in [4.69, 9.17) is 9.84 Å². The van der Waals surface area contributed by atoms with Crippen LogP contribution in [-0.2, 0) is 9.53 Å². The smallest absolute Gasteiger partial charge is 0.394 e. The fourth-order valence-corrected chi connectivity index (χ4v) is 1.73. The van der Waals surface area contributed by atoms with E-state index < -0.39 is 43.4 Å². The van der Waals surface area contributed by atoms with Crippen LogP contribution in [-0.4, -0.2) is 60.7 Å². The van der Waals surface area contributed by atoms with Crippen molar-refractivity contribution >= 4 is 5.91 Å². The Balaban J connectivity index is 2.99. The van der Waals surface area contributed by atoms with Crippen molar-refractivity contribution < 1.29 is 41.0 Å². The van der Waals surface area contributed by atoms with Crippen LogP contribution in [0, 0.1) is 5.92 Å². The van der Waals surface area contributed by atoms with E-state index in [1.807, 2.05) is 0 Å². The molecule has 1 unspecified atom stereocenters. The van der Waals surface area contributed by atoms with Crippen LogP contribution in [0.25, 0.3) is 0 Å². The van der Waals surface area contributed by atoms with Gasteiger partial charge in [-0.15, -0.1) is 0 Å². The first kappa shape index (κ1) is 16.0. The maximum atomic E-state index is 12.4. The van der Waals surface area contributed by atoms with Gasteiger partial charge in [0.2, 0.25) is 11.8 Å². The molecule has 4 nitrogen and oxygen atoms in total. The van der Waals surface area contributed by atoms with Crippen LogP contribution in [0.2, 0.25) is 0 Å². The van der Waals surface area contributed by atoms with E-state index in [0.717, 1.165) is 0 Å². The second-order valence-corrected chi connectivity index (χ2v) is 3.96. The van der Waals surface area contributed by atoms with Crippen molar-refractivity contribution in [2.75, 3.05) is 26.4 Å². The second kappa shape index (κ2) is 5.53. The van der Waals surface area contributed by atoms with Gasteiger partial charge in [0.1, 0.15) is 0 Å². The Morgan fingerprint density at radius 1 is 1.26 bits per heavy atom. The Kier molecular flexibility index (Phi) is 4.67. The molecule has 1 N–H and O–H groups in total. The summed E-state index contributed by atoms with van der Waals surface area (Å²) in [6, 6.07) is -1.20. The number of amides is 1. The first-order valence-electron chi connectivity index (χ1n) is 5.21. The summed E-state index contributed by atoms with van der Waals surface area (Å²) in [5.74, 6) is -6.19. The molecule has 1 heterocycles. The highest BCUT2D eigenvalue weighted by atomic mass is 19.4. The van der Waals surface area contributed by atoms with Gasteiger partial charge in [-0.1, -0.05) is 0 Å². The van der Waals surface area contributed by atoms with Crippen molar-refractivity contribution in [1.82, 2.24) is 4.90 Å². The van der Waals surface area contributed by atoms with Crippen LogP contribution < -0.4 is 0 Å². The minimum atomic E-state index is -5.73. The predicted octanol–water partition coefficient (Wildman–Crippen LogP) is 0.947. The highest BCUT2D eigenvalue weighted by Gasteiger charge is 2.62. The molecule has 0 spiro atoms. The molecule has 19 heavy (non-hydrogen) atoms. The zero-order chi connectivity index (χ0) is 14.8. The quantitative estimate of drug-likeness (QED) is 0.772. The van der Waals surface area contributed by atoms with Crippen molar-refractivity contribution in [2.24, 2.45) is 5.92 Å². The van der Waals surface area contributed by atoms with Crippen LogP contribution in [0.1, 0.15) is 0 Å². The monoisotopic (exact) mass is 295 g/mol. The highest BCUT2D eigenvalue weighted by molar-refractivity contribution is 5.81. The number of carbonyl (C=O) groups is 1. The molecule has 10 heteroatoms. The zero-order valence-electron chi connectivity index (χ0n) is 9.46. The topological polar surface area (TPSA) is 49.8 Å². The van der Waals surface area contributed by atoms with Gasteiger partial charge in [0.15, 0.2) is 0 Å². The third-order valence-electron chi connectivity index (χ3n) is 2.62. The van der Waals surface area contributed by atoms with Gasteiger partial charge in [0.25, 0.3) is 0 Å². The lowest BCUT2D eigenvalue weighted by molar-refractivity contribution is -0.279. The molecule has 0 radical (unpaired) electrons. The van der Waals surface area contributed by atoms with E-state index in [1.165, 1.54) is 0 Å². The average Bonchev–Trinajstić information content (AvgIpc) is 2.24. The third-order valence-corrected chi connectivity index (χ3v) is 2.62. The Labute approximate surface area is 103 Å². The van der Waals surface area contributed by atoms with Crippen molar-refractivity contribution in [2.45, 2.75) is 18.4 Å². The fraction of sp³-hybridized carbons (Fsp3) is 0.889. The van der Waals surface area contributed by atoms with Gasteiger partial charge in [-0.3, -0.25) is 4.79 Å². The second-order valence-electron chi connectivity index (χ2n) is 3.96. The van der Waals surface area contributed by atoms with Gasteiger partial charge in [0.05, 0.1) is 25.9 Å². The number of ether oxygens (including phenoxy) is 1. The molecule has 1 atom stereocenters. The molecule has 0 bridgehead atoms. The van der Waals surface area contributed by atoms with E-state index in [0.29, 0.717) is 4.90 Å². The van der Waals surface area contributed by atoms with Crippen LogP contribution in [0.15, 0.2) is 0 Å². The van der Waals surface area contributed by atoms with E-state index in [2.05, 4.69) is 0 Å². The number of aliphatic hydroxyl groups is 1. The summed E-state index contributed by atoms with van der Waals surface area (Å²) in [6.45, 7) is -1.67. The number of alkyl halides is 6. The van der Waals surface area contributed by atoms with Crippen molar-refractivity contribution in [3.8, 4) is 0 Å². The number of hydrogen-bond donors (Lipinski definition) is 1. The van der Waals surface area contributed by atoms with E-state index in [-0.39, 0.29) is 13.2 Å². The highest BCUT2D eigenvalue weighted by Crippen LogP contribution is 2.40. The fourth-order valence-electron chi connectivity index (χ4n) is 1.73. The summed E-state index contributed by atoms with van der Waals surface area (Å²) >= 11 is 0. The normalized spacial score (nSPS) is 21.9. The van der Waals surface area contributed by atoms with E-state index in [1.54, 1.807) is 0 Å². The summed E-state index contributed by atoms with van der Waals surface area (Å²) in [7, 11) is 0. The summed E-state index contributed by atoms with van der Waals surface area (Å²) in [6.07, 6.45) is -11.5. The summed E-state index contributed by atoms with van der Waals surface area (Å²) in [4.78, 5) is 11.9. The Morgan fingerprint density at radius 2 is 1.79 bits per heavy atom. The molecular formula is C9H11F6NO3. The van der Waals surface area contributed by atoms with Gasteiger partial charge in [-0.25, -0.2) is 0 Å². The van der Waals surface area contributed by atoms with Crippen LogP contribution >= 0.6 is 0 Å². The van der Waals surface area contributed by atoms with Crippen molar-refractivity contribution in [3.05, 3.63) is 0 Å². The lowest BCUT2D eigenvalue weighted by Crippen LogP contribution is -2.57. The molecule has 1 amide bonds. The first-order chi connectivity index (χ1) is 8.59. The largest absolute Gasteiger partial charge is 0.409 e. The number of carbonyl (C=O) groups excluding carboxylic acids is 1. The van der Waals surface area contributed by atoms with Gasteiger partial charge >= 0.3 is 12.4 Å². The van der Waals surface area contributed by atoms with E-state index >= 15 is 0 Å². The van der Waals surface area contributed by atoms with E-state index in [9.17, 15) is 31.1 Å². The number of aliphatic hydroxyl groups excluding tert-OH is 1. The number of halogens is 6. The maximum Gasteiger partial charge on any atom is 0.409 e. The third kappa shape index (κ3) is 3.72. The van der Waals surface area contributed by atoms with Gasteiger partial charge in [0, 0.05) is 6.54 Å². The Bertz CT molecular complexity index is 315. The number of rotatable bonds is 2. The molecule has 1 rings (SSSR count). The van der Waals surface area contributed by atoms with Crippen molar-refractivity contribution in [1.29, 1.82) is 0 Å². The minimum Gasteiger partial charge on any atom is -0.394 e. The van der Waals surface area contributed by atoms with Crippen LogP contribution in [0.4, 0.5) is 26.3 Å².